The van der Waals surface area contributed by atoms with Gasteiger partial charge >= 0.3 is 5.97 Å². The number of ether oxygens (including phenoxy) is 1. The van der Waals surface area contributed by atoms with Gasteiger partial charge < -0.3 is 14.7 Å². The van der Waals surface area contributed by atoms with Crippen LogP contribution >= 0.6 is 0 Å². The van der Waals surface area contributed by atoms with E-state index in [1.807, 2.05) is 31.2 Å². The minimum Gasteiger partial charge on any atom is -0.454 e. The molecule has 170 valence electrons. The summed E-state index contributed by atoms with van der Waals surface area (Å²) >= 11 is 0. The molecule has 0 aromatic heterocycles. The van der Waals surface area contributed by atoms with Crippen LogP contribution < -0.4 is 4.90 Å². The van der Waals surface area contributed by atoms with Gasteiger partial charge in [-0.1, -0.05) is 24.3 Å². The van der Waals surface area contributed by atoms with E-state index < -0.39 is 34.7 Å². The molecule has 2 aromatic rings. The number of carbonyl (C=O) groups excluding carboxylic acids is 2. The number of para-hydroxylation sites is 1. The minimum absolute atomic E-state index is 0.0530. The van der Waals surface area contributed by atoms with Crippen LogP contribution in [0, 0.1) is 13.8 Å². The molecule has 0 spiro atoms. The molecule has 2 heterocycles. The third-order valence-electron chi connectivity index (χ3n) is 6.12. The Morgan fingerprint density at radius 3 is 2.62 bits per heavy atom. The van der Waals surface area contributed by atoms with Crippen molar-refractivity contribution in [1.82, 2.24) is 4.31 Å². The number of hydrogen-bond donors (Lipinski definition) is 1. The topological polar surface area (TPSA) is 104 Å². The number of β-amino-alcohol motifs (C(OH)–C–C–N with tert-alkyl or cyclic N) is 1. The number of fused-ring (bicyclic) bond motifs is 1. The summed E-state index contributed by atoms with van der Waals surface area (Å²) in [6.45, 7) is 3.49. The summed E-state index contributed by atoms with van der Waals surface area (Å²) in [6.07, 6.45) is -0.342. The average Bonchev–Trinajstić information content (AvgIpc) is 3.38. The summed E-state index contributed by atoms with van der Waals surface area (Å²) in [6, 6.07) is 11.1. The first-order valence-corrected chi connectivity index (χ1v) is 11.9. The summed E-state index contributed by atoms with van der Waals surface area (Å²) in [4.78, 5) is 27.0. The first-order chi connectivity index (χ1) is 15.2. The van der Waals surface area contributed by atoms with E-state index in [2.05, 4.69) is 0 Å². The number of aryl methyl sites for hydroxylation is 2. The van der Waals surface area contributed by atoms with E-state index in [-0.39, 0.29) is 23.8 Å². The lowest BCUT2D eigenvalue weighted by molar-refractivity contribution is -0.151. The molecule has 2 atom stereocenters. The predicted molar refractivity (Wildman–Crippen MR) is 118 cm³/mol. The van der Waals surface area contributed by atoms with E-state index in [9.17, 15) is 23.1 Å². The molecule has 1 saturated heterocycles. The zero-order chi connectivity index (χ0) is 23.0. The van der Waals surface area contributed by atoms with Gasteiger partial charge in [0.15, 0.2) is 6.61 Å². The van der Waals surface area contributed by atoms with Crippen LogP contribution in [0.5, 0.6) is 0 Å². The van der Waals surface area contributed by atoms with Crippen molar-refractivity contribution in [2.24, 2.45) is 0 Å². The van der Waals surface area contributed by atoms with Crippen molar-refractivity contribution in [2.45, 2.75) is 43.7 Å². The third kappa shape index (κ3) is 4.15. The maximum atomic E-state index is 13.2. The highest BCUT2D eigenvalue weighted by Gasteiger charge is 2.44. The molecule has 8 nitrogen and oxygen atoms in total. The van der Waals surface area contributed by atoms with Crippen LogP contribution in [0.25, 0.3) is 0 Å². The van der Waals surface area contributed by atoms with Gasteiger partial charge in [-0.15, -0.1) is 0 Å². The molecule has 0 radical (unpaired) electrons. The third-order valence-corrected chi connectivity index (χ3v) is 7.99. The molecule has 2 unspecified atom stereocenters. The van der Waals surface area contributed by atoms with Crippen LogP contribution in [0.2, 0.25) is 0 Å². The van der Waals surface area contributed by atoms with Crippen LogP contribution in [0.3, 0.4) is 0 Å². The van der Waals surface area contributed by atoms with Gasteiger partial charge in [-0.3, -0.25) is 9.59 Å². The summed E-state index contributed by atoms with van der Waals surface area (Å²) < 4.78 is 32.5. The van der Waals surface area contributed by atoms with Gasteiger partial charge in [-0.25, -0.2) is 8.42 Å². The van der Waals surface area contributed by atoms with Crippen LogP contribution in [0.4, 0.5) is 5.69 Å². The largest absolute Gasteiger partial charge is 0.454 e. The molecule has 1 N–H and O–H groups in total. The number of rotatable bonds is 5. The average molecular weight is 459 g/mol. The van der Waals surface area contributed by atoms with Crippen LogP contribution in [0.15, 0.2) is 47.4 Å². The fraction of sp³-hybridized carbons (Fsp3) is 0.391. The second kappa shape index (κ2) is 8.65. The molecule has 2 aromatic carbocycles. The highest BCUT2D eigenvalue weighted by molar-refractivity contribution is 7.89. The van der Waals surface area contributed by atoms with E-state index in [4.69, 9.17) is 4.74 Å². The Hall–Kier alpha value is -2.75. The number of anilines is 1. The Balaban J connectivity index is 1.46. The predicted octanol–water partition coefficient (Wildman–Crippen LogP) is 1.56. The minimum atomic E-state index is -4.02. The van der Waals surface area contributed by atoms with Gasteiger partial charge in [-0.2, -0.15) is 4.31 Å². The van der Waals surface area contributed by atoms with Crippen molar-refractivity contribution >= 4 is 27.6 Å². The molecule has 1 fully saturated rings. The molecule has 0 aliphatic carbocycles. The first-order valence-electron chi connectivity index (χ1n) is 10.5. The molecule has 1 amide bonds. The van der Waals surface area contributed by atoms with Crippen molar-refractivity contribution in [3.8, 4) is 0 Å². The van der Waals surface area contributed by atoms with E-state index in [1.54, 1.807) is 24.0 Å². The van der Waals surface area contributed by atoms with E-state index in [1.165, 1.54) is 6.07 Å². The molecule has 0 bridgehead atoms. The zero-order valence-electron chi connectivity index (χ0n) is 18.0. The summed E-state index contributed by atoms with van der Waals surface area (Å²) in [5.74, 6) is -1.21. The number of sulfonamides is 1. The number of esters is 1. The molecule has 2 aliphatic rings. The van der Waals surface area contributed by atoms with Gasteiger partial charge in [0.25, 0.3) is 5.91 Å². The number of nitrogens with zero attached hydrogens (tertiary/aromatic N) is 2. The molecule has 9 heteroatoms. The Bertz CT molecular complexity index is 1160. The van der Waals surface area contributed by atoms with Crippen LogP contribution in [-0.2, 0) is 30.8 Å². The number of aliphatic hydroxyl groups excluding tert-OH is 1. The standard InChI is InChI=1S/C23H26N2O6S/c1-15-7-8-19(11-16(15)2)32(29,30)25-13-18(26)12-21(25)23(28)31-14-22(27)24-10-9-17-5-3-4-6-20(17)24/h3-8,11,18,21,26H,9-10,12-14H2,1-2H3. The maximum absolute atomic E-state index is 13.2. The first kappa shape index (κ1) is 22.4. The molecule has 0 saturated carbocycles. The van der Waals surface area contributed by atoms with Crippen molar-refractivity contribution in [3.05, 3.63) is 59.2 Å². The van der Waals surface area contributed by atoms with Gasteiger partial charge in [-0.05, 0) is 55.2 Å². The highest BCUT2D eigenvalue weighted by atomic mass is 32.2. The lowest BCUT2D eigenvalue weighted by Gasteiger charge is -2.23. The Kier molecular flexibility index (Phi) is 6.07. The molecule has 32 heavy (non-hydrogen) atoms. The highest BCUT2D eigenvalue weighted by Crippen LogP contribution is 2.29. The molecular weight excluding hydrogens is 432 g/mol. The van der Waals surface area contributed by atoms with Crippen molar-refractivity contribution in [3.63, 3.8) is 0 Å². The lowest BCUT2D eigenvalue weighted by atomic mass is 10.1. The van der Waals surface area contributed by atoms with Gasteiger partial charge in [0.05, 0.1) is 11.0 Å². The Labute approximate surface area is 187 Å². The number of carbonyl (C=O) groups is 2. The van der Waals surface area contributed by atoms with Crippen LogP contribution in [0.1, 0.15) is 23.1 Å². The number of amides is 1. The second-order valence-corrected chi connectivity index (χ2v) is 10.1. The quantitative estimate of drug-likeness (QED) is 0.682. The summed E-state index contributed by atoms with van der Waals surface area (Å²) in [5.41, 5.74) is 3.60. The zero-order valence-corrected chi connectivity index (χ0v) is 18.8. The fourth-order valence-corrected chi connectivity index (χ4v) is 5.89. The van der Waals surface area contributed by atoms with Crippen molar-refractivity contribution in [1.29, 1.82) is 0 Å². The van der Waals surface area contributed by atoms with E-state index >= 15 is 0 Å². The monoisotopic (exact) mass is 458 g/mol. The van der Waals surface area contributed by atoms with E-state index in [0.29, 0.717) is 6.54 Å². The second-order valence-electron chi connectivity index (χ2n) is 8.26. The maximum Gasteiger partial charge on any atom is 0.325 e. The van der Waals surface area contributed by atoms with Gasteiger partial charge in [0, 0.05) is 25.2 Å². The van der Waals surface area contributed by atoms with E-state index in [0.717, 1.165) is 33.1 Å². The summed E-state index contributed by atoms with van der Waals surface area (Å²) in [7, 11) is -4.02. The van der Waals surface area contributed by atoms with Crippen molar-refractivity contribution in [2.75, 3.05) is 24.6 Å². The van der Waals surface area contributed by atoms with Crippen LogP contribution in [-0.4, -0.2) is 61.5 Å². The van der Waals surface area contributed by atoms with Gasteiger partial charge in [0.1, 0.15) is 6.04 Å². The SMILES string of the molecule is Cc1ccc(S(=O)(=O)N2CC(O)CC2C(=O)OCC(=O)N2CCc3ccccc32)cc1C. The molecule has 2 aliphatic heterocycles. The van der Waals surface area contributed by atoms with Gasteiger partial charge in [0.2, 0.25) is 10.0 Å². The Morgan fingerprint density at radius 1 is 1.12 bits per heavy atom. The Morgan fingerprint density at radius 2 is 1.88 bits per heavy atom. The molecule has 4 rings (SSSR count). The summed E-state index contributed by atoms with van der Waals surface area (Å²) in [5, 5.41) is 10.1. The number of aliphatic hydroxyl groups is 1. The lowest BCUT2D eigenvalue weighted by Crippen LogP contribution is -2.42. The molecular formula is C23H26N2O6S. The smallest absolute Gasteiger partial charge is 0.325 e. The van der Waals surface area contributed by atoms with Crippen molar-refractivity contribution < 1.29 is 27.9 Å². The fourth-order valence-electron chi connectivity index (χ4n) is 4.18. The normalized spacial score (nSPS) is 20.9. The number of benzene rings is 2. The number of hydrogen-bond acceptors (Lipinski definition) is 6.